The van der Waals surface area contributed by atoms with Crippen LogP contribution in [0.1, 0.15) is 11.1 Å². The number of nitrogens with one attached hydrogen (secondary N) is 1. The number of rotatable bonds is 12. The topological polar surface area (TPSA) is 39.7 Å². The standard InChI is InChI=1S/C21H26INO3/c1-23-20-8-4-18(5-9-20)2-3-19-6-10-21(11-7-19)26-17-16-25-15-14-24-13-12-22/h2-11,23H,12-17H2,1H3/b3-2+/i22+4. The molecule has 2 rings (SSSR count). The van der Waals surface area contributed by atoms with Crippen molar-refractivity contribution in [2.45, 2.75) is 0 Å². The summed E-state index contributed by atoms with van der Waals surface area (Å²) in [6, 6.07) is 16.4. The Kier molecular flexibility index (Phi) is 10.2. The summed E-state index contributed by atoms with van der Waals surface area (Å²) >= 11 is 2.29. The first-order chi connectivity index (χ1) is 12.8. The Morgan fingerprint density at radius 3 is 1.88 bits per heavy atom. The Labute approximate surface area is 169 Å². The number of benzene rings is 2. The molecule has 0 unspecified atom stereocenters. The van der Waals surface area contributed by atoms with Crippen LogP contribution in [0.5, 0.6) is 5.75 Å². The summed E-state index contributed by atoms with van der Waals surface area (Å²) in [7, 11) is 1.92. The summed E-state index contributed by atoms with van der Waals surface area (Å²) in [6.45, 7) is 3.14. The number of alkyl halides is 1. The van der Waals surface area contributed by atoms with E-state index in [9.17, 15) is 0 Å². The number of hydrogen-bond donors (Lipinski definition) is 1. The van der Waals surface area contributed by atoms with Crippen molar-refractivity contribution < 1.29 is 14.2 Å². The highest BCUT2D eigenvalue weighted by Crippen LogP contribution is 2.15. The van der Waals surface area contributed by atoms with E-state index in [4.69, 9.17) is 14.2 Å². The average Bonchev–Trinajstić information content (AvgIpc) is 2.69. The van der Waals surface area contributed by atoms with Gasteiger partial charge in [0.05, 0.1) is 26.4 Å². The Morgan fingerprint density at radius 1 is 0.769 bits per heavy atom. The molecule has 2 aromatic rings. The first-order valence-corrected chi connectivity index (χ1v) is 10.2. The van der Waals surface area contributed by atoms with Gasteiger partial charge in [0.2, 0.25) is 0 Å². The summed E-state index contributed by atoms with van der Waals surface area (Å²) in [5, 5.41) is 3.12. The maximum atomic E-state index is 5.68. The monoisotopic (exact) mass is 471 g/mol. The molecule has 5 heteroatoms. The van der Waals surface area contributed by atoms with Gasteiger partial charge in [-0.3, -0.25) is 0 Å². The van der Waals surface area contributed by atoms with E-state index in [2.05, 4.69) is 64.3 Å². The molecule has 0 fully saturated rings. The van der Waals surface area contributed by atoms with Gasteiger partial charge in [0.15, 0.2) is 0 Å². The Bertz CT molecular complexity index is 641. The smallest absolute Gasteiger partial charge is 0.119 e. The van der Waals surface area contributed by atoms with Gasteiger partial charge in [-0.25, -0.2) is 0 Å². The van der Waals surface area contributed by atoms with E-state index in [0.717, 1.165) is 28.0 Å². The highest BCUT2D eigenvalue weighted by molar-refractivity contribution is 14.1. The van der Waals surface area contributed by atoms with Gasteiger partial charge in [0, 0.05) is 17.2 Å². The van der Waals surface area contributed by atoms with Gasteiger partial charge in [0.25, 0.3) is 0 Å². The predicted molar refractivity (Wildman–Crippen MR) is 117 cm³/mol. The van der Waals surface area contributed by atoms with E-state index in [0.29, 0.717) is 26.4 Å². The minimum absolute atomic E-state index is 0.541. The lowest BCUT2D eigenvalue weighted by Crippen LogP contribution is -2.11. The van der Waals surface area contributed by atoms with Crippen molar-refractivity contribution in [2.75, 3.05) is 49.8 Å². The zero-order valence-corrected chi connectivity index (χ0v) is 17.3. The first kappa shape index (κ1) is 20.7. The summed E-state index contributed by atoms with van der Waals surface area (Å²) < 4.78 is 17.5. The third-order valence-electron chi connectivity index (χ3n) is 3.64. The molecule has 0 radical (unpaired) electrons. The third kappa shape index (κ3) is 8.21. The minimum Gasteiger partial charge on any atom is -0.491 e. The van der Waals surface area contributed by atoms with Crippen LogP contribution in [0.15, 0.2) is 48.5 Å². The van der Waals surface area contributed by atoms with Crippen molar-refractivity contribution in [3.63, 3.8) is 0 Å². The fourth-order valence-corrected chi connectivity index (χ4v) is 2.53. The van der Waals surface area contributed by atoms with Crippen molar-refractivity contribution in [2.24, 2.45) is 0 Å². The summed E-state index contributed by atoms with van der Waals surface area (Å²) in [5.74, 6) is 0.852. The van der Waals surface area contributed by atoms with Crippen LogP contribution >= 0.6 is 22.6 Å². The van der Waals surface area contributed by atoms with Crippen LogP contribution in [0.25, 0.3) is 12.2 Å². The van der Waals surface area contributed by atoms with Crippen LogP contribution in [0.2, 0.25) is 0 Å². The normalized spacial score (nSPS) is 11.0. The van der Waals surface area contributed by atoms with E-state index in [1.54, 1.807) is 0 Å². The molecule has 0 amide bonds. The highest BCUT2D eigenvalue weighted by atomic mass is 131. The minimum atomic E-state index is 0.541. The third-order valence-corrected chi connectivity index (χ3v) is 4.08. The molecule has 2 aromatic carbocycles. The number of halogens is 1. The molecular weight excluding hydrogens is 445 g/mol. The van der Waals surface area contributed by atoms with E-state index in [-0.39, 0.29) is 0 Å². The summed E-state index contributed by atoms with van der Waals surface area (Å²) in [5.41, 5.74) is 3.42. The molecule has 0 atom stereocenters. The van der Waals surface area contributed by atoms with E-state index < -0.39 is 0 Å². The van der Waals surface area contributed by atoms with Gasteiger partial charge in [-0.15, -0.1) is 0 Å². The molecule has 26 heavy (non-hydrogen) atoms. The highest BCUT2D eigenvalue weighted by Gasteiger charge is 1.95. The Hall–Kier alpha value is -1.57. The van der Waals surface area contributed by atoms with Crippen LogP contribution in [0.4, 0.5) is 5.69 Å². The van der Waals surface area contributed by atoms with Crippen molar-refractivity contribution >= 4 is 40.4 Å². The number of ether oxygens (including phenoxy) is 3. The van der Waals surface area contributed by atoms with Gasteiger partial charge in [-0.05, 0) is 35.4 Å². The lowest BCUT2D eigenvalue weighted by atomic mass is 10.1. The maximum Gasteiger partial charge on any atom is 0.119 e. The van der Waals surface area contributed by atoms with Crippen LogP contribution < -0.4 is 10.1 Å². The van der Waals surface area contributed by atoms with Crippen LogP contribution in [0.3, 0.4) is 0 Å². The molecule has 0 spiro atoms. The molecule has 0 aromatic heterocycles. The molecule has 140 valence electrons. The summed E-state index contributed by atoms with van der Waals surface area (Å²) in [6.07, 6.45) is 4.19. The quantitative estimate of drug-likeness (QED) is 0.210. The van der Waals surface area contributed by atoms with Gasteiger partial charge >= 0.3 is 0 Å². The van der Waals surface area contributed by atoms with Crippen molar-refractivity contribution in [1.82, 2.24) is 0 Å². The first-order valence-electron chi connectivity index (χ1n) is 8.72. The van der Waals surface area contributed by atoms with Crippen LogP contribution in [-0.4, -0.2) is 44.5 Å². The lowest BCUT2D eigenvalue weighted by Gasteiger charge is -2.07. The molecule has 0 saturated heterocycles. The predicted octanol–water partition coefficient (Wildman–Crippen LogP) is 4.75. The largest absolute Gasteiger partial charge is 0.491 e. The average molecular weight is 471 g/mol. The van der Waals surface area contributed by atoms with Crippen molar-refractivity contribution in [1.29, 1.82) is 0 Å². The van der Waals surface area contributed by atoms with E-state index >= 15 is 0 Å². The van der Waals surface area contributed by atoms with Crippen molar-refractivity contribution in [3.8, 4) is 5.75 Å². The molecule has 0 aliphatic heterocycles. The van der Waals surface area contributed by atoms with Crippen LogP contribution in [0, 0.1) is 0 Å². The molecular formula is C21H26INO3. The van der Waals surface area contributed by atoms with Gasteiger partial charge in [0.1, 0.15) is 12.4 Å². The van der Waals surface area contributed by atoms with E-state index in [1.165, 1.54) is 5.56 Å². The van der Waals surface area contributed by atoms with Gasteiger partial charge in [-0.1, -0.05) is 59.0 Å². The molecule has 0 aliphatic carbocycles. The second-order valence-electron chi connectivity index (χ2n) is 5.54. The molecule has 0 aliphatic rings. The molecule has 1 N–H and O–H groups in total. The van der Waals surface area contributed by atoms with Gasteiger partial charge < -0.3 is 19.5 Å². The molecule has 0 heterocycles. The fourth-order valence-electron chi connectivity index (χ4n) is 2.22. The number of anilines is 1. The van der Waals surface area contributed by atoms with E-state index in [1.807, 2.05) is 31.3 Å². The number of hydrogen-bond acceptors (Lipinski definition) is 4. The van der Waals surface area contributed by atoms with Crippen LogP contribution in [-0.2, 0) is 9.47 Å². The Morgan fingerprint density at radius 2 is 1.31 bits per heavy atom. The molecule has 0 bridgehead atoms. The SMILES string of the molecule is CNc1ccc(/C=C/c2ccc(OCCOCCOCC[131I])cc2)cc1. The zero-order chi connectivity index (χ0) is 18.5. The molecule has 0 saturated carbocycles. The Balaban J connectivity index is 1.68. The van der Waals surface area contributed by atoms with Gasteiger partial charge in [-0.2, -0.15) is 0 Å². The lowest BCUT2D eigenvalue weighted by molar-refractivity contribution is 0.0417. The summed E-state index contributed by atoms with van der Waals surface area (Å²) in [4.78, 5) is 0. The van der Waals surface area contributed by atoms with Crippen molar-refractivity contribution in [3.05, 3.63) is 59.7 Å². The fraction of sp³-hybridized carbons (Fsp3) is 0.333. The molecule has 4 nitrogen and oxygen atoms in total. The second-order valence-corrected chi connectivity index (χ2v) is 6.62. The maximum absolute atomic E-state index is 5.68. The second kappa shape index (κ2) is 12.7. The zero-order valence-electron chi connectivity index (χ0n) is 15.1.